The minimum absolute atomic E-state index is 0.0323. The van der Waals surface area contributed by atoms with Crippen LogP contribution in [0.1, 0.15) is 36.1 Å². The van der Waals surface area contributed by atoms with Crippen LogP contribution in [-0.4, -0.2) is 19.5 Å². The first kappa shape index (κ1) is 13.8. The maximum atomic E-state index is 6.26. The molecule has 0 N–H and O–H groups in total. The Morgan fingerprint density at radius 3 is 2.75 bits per heavy atom. The predicted octanol–water partition coefficient (Wildman–Crippen LogP) is 4.45. The number of pyridine rings is 1. The minimum Gasteiger partial charge on any atom is -0.302 e. The van der Waals surface area contributed by atoms with Crippen LogP contribution in [0.25, 0.3) is 11.2 Å². The van der Waals surface area contributed by atoms with Gasteiger partial charge in [-0.1, -0.05) is 11.6 Å². The van der Waals surface area contributed by atoms with Gasteiger partial charge in [0.2, 0.25) is 0 Å². The lowest BCUT2D eigenvalue weighted by Crippen LogP contribution is -2.11. The van der Waals surface area contributed by atoms with Crippen molar-refractivity contribution in [3.63, 3.8) is 0 Å². The third kappa shape index (κ3) is 2.30. The molecule has 20 heavy (non-hydrogen) atoms. The molecule has 3 heterocycles. The zero-order valence-corrected chi connectivity index (χ0v) is 13.2. The van der Waals surface area contributed by atoms with Gasteiger partial charge < -0.3 is 4.57 Å². The number of imidazole rings is 1. The summed E-state index contributed by atoms with van der Waals surface area (Å²) in [6.07, 6.45) is 3.42. The summed E-state index contributed by atoms with van der Waals surface area (Å²) < 4.78 is 2.03. The van der Waals surface area contributed by atoms with E-state index in [2.05, 4.69) is 21.9 Å². The molecule has 0 saturated heterocycles. The van der Waals surface area contributed by atoms with E-state index in [4.69, 9.17) is 23.2 Å². The zero-order chi connectivity index (χ0) is 14.3. The third-order valence-electron chi connectivity index (χ3n) is 3.08. The number of aromatic nitrogens is 4. The SMILES string of the molecule is CC(Cl)c1nc2cc(Cl)cnc2n1C(C)c1nccs1. The largest absolute Gasteiger partial charge is 0.302 e. The standard InChI is InChI=1S/C13H12Cl2N4S/c1-7(14)11-18-10-5-9(15)6-17-12(10)19(11)8(2)13-16-3-4-20-13/h3-8H,1-2H3. The molecule has 0 bridgehead atoms. The summed E-state index contributed by atoms with van der Waals surface area (Å²) in [5.41, 5.74) is 1.53. The highest BCUT2D eigenvalue weighted by Crippen LogP contribution is 2.31. The van der Waals surface area contributed by atoms with E-state index in [1.54, 1.807) is 29.8 Å². The fourth-order valence-electron chi connectivity index (χ4n) is 2.19. The highest BCUT2D eigenvalue weighted by Gasteiger charge is 2.22. The van der Waals surface area contributed by atoms with E-state index < -0.39 is 0 Å². The van der Waals surface area contributed by atoms with Crippen molar-refractivity contribution in [3.05, 3.63) is 39.7 Å². The van der Waals surface area contributed by atoms with Gasteiger partial charge in [-0.25, -0.2) is 15.0 Å². The molecular weight excluding hydrogens is 315 g/mol. The van der Waals surface area contributed by atoms with Gasteiger partial charge in [0.05, 0.1) is 16.4 Å². The van der Waals surface area contributed by atoms with Crippen molar-refractivity contribution in [1.29, 1.82) is 0 Å². The van der Waals surface area contributed by atoms with Gasteiger partial charge >= 0.3 is 0 Å². The van der Waals surface area contributed by atoms with Crippen molar-refractivity contribution in [2.45, 2.75) is 25.3 Å². The first-order valence-corrected chi connectivity index (χ1v) is 7.84. The lowest BCUT2D eigenvalue weighted by molar-refractivity contribution is 0.610. The molecule has 0 aliphatic carbocycles. The van der Waals surface area contributed by atoms with Crippen molar-refractivity contribution >= 4 is 45.7 Å². The molecule has 7 heteroatoms. The monoisotopic (exact) mass is 326 g/mol. The lowest BCUT2D eigenvalue weighted by Gasteiger charge is -2.15. The Kier molecular flexibility index (Phi) is 3.67. The van der Waals surface area contributed by atoms with Crippen LogP contribution in [0.4, 0.5) is 0 Å². The summed E-state index contributed by atoms with van der Waals surface area (Å²) in [7, 11) is 0. The summed E-state index contributed by atoms with van der Waals surface area (Å²) in [4.78, 5) is 13.3. The molecule has 0 aliphatic heterocycles. The van der Waals surface area contributed by atoms with Crippen LogP contribution in [0.2, 0.25) is 5.02 Å². The smallest absolute Gasteiger partial charge is 0.160 e. The number of hydrogen-bond donors (Lipinski definition) is 0. The van der Waals surface area contributed by atoms with E-state index in [0.29, 0.717) is 5.02 Å². The molecule has 3 aromatic rings. The average molecular weight is 327 g/mol. The number of hydrogen-bond acceptors (Lipinski definition) is 4. The van der Waals surface area contributed by atoms with Crippen LogP contribution in [0.3, 0.4) is 0 Å². The molecule has 3 rings (SSSR count). The molecule has 4 nitrogen and oxygen atoms in total. The van der Waals surface area contributed by atoms with E-state index in [9.17, 15) is 0 Å². The second-order valence-electron chi connectivity index (χ2n) is 4.50. The Morgan fingerprint density at radius 1 is 1.30 bits per heavy atom. The number of fused-ring (bicyclic) bond motifs is 1. The number of nitrogens with zero attached hydrogens (tertiary/aromatic N) is 4. The lowest BCUT2D eigenvalue weighted by atomic mass is 10.3. The van der Waals surface area contributed by atoms with Crippen LogP contribution in [-0.2, 0) is 0 Å². The molecule has 2 unspecified atom stereocenters. The summed E-state index contributed by atoms with van der Waals surface area (Å²) in [5.74, 6) is 0.777. The topological polar surface area (TPSA) is 43.6 Å². The van der Waals surface area contributed by atoms with Gasteiger partial charge in [-0.3, -0.25) is 0 Å². The first-order chi connectivity index (χ1) is 9.58. The van der Waals surface area contributed by atoms with Crippen LogP contribution in [0, 0.1) is 0 Å². The molecule has 104 valence electrons. The van der Waals surface area contributed by atoms with Crippen molar-refractivity contribution in [3.8, 4) is 0 Å². The van der Waals surface area contributed by atoms with Crippen molar-refractivity contribution in [2.75, 3.05) is 0 Å². The van der Waals surface area contributed by atoms with E-state index >= 15 is 0 Å². The van der Waals surface area contributed by atoms with Crippen LogP contribution in [0.5, 0.6) is 0 Å². The average Bonchev–Trinajstić information content (AvgIpc) is 3.04. The number of alkyl halides is 1. The van der Waals surface area contributed by atoms with Crippen LogP contribution >= 0.6 is 34.5 Å². The quantitative estimate of drug-likeness (QED) is 0.668. The molecule has 0 saturated carbocycles. The van der Waals surface area contributed by atoms with Crippen LogP contribution in [0.15, 0.2) is 23.8 Å². The Bertz CT molecular complexity index is 736. The van der Waals surface area contributed by atoms with Crippen LogP contribution < -0.4 is 0 Å². The van der Waals surface area contributed by atoms with E-state index in [1.165, 1.54) is 0 Å². The van der Waals surface area contributed by atoms with E-state index in [0.717, 1.165) is 22.0 Å². The fourth-order valence-corrected chi connectivity index (χ4v) is 3.18. The zero-order valence-electron chi connectivity index (χ0n) is 10.9. The molecule has 0 spiro atoms. The number of thiazole rings is 1. The second-order valence-corrected chi connectivity index (χ2v) is 6.52. The molecule has 0 aromatic carbocycles. The molecular formula is C13H12Cl2N4S. The van der Waals surface area contributed by atoms with Gasteiger partial charge in [0.15, 0.2) is 5.65 Å². The fraction of sp³-hybridized carbons (Fsp3) is 0.308. The Morgan fingerprint density at radius 2 is 2.10 bits per heavy atom. The Labute approximate surface area is 130 Å². The third-order valence-corrected chi connectivity index (χ3v) is 4.42. The second kappa shape index (κ2) is 5.31. The summed E-state index contributed by atoms with van der Waals surface area (Å²) in [6, 6.07) is 1.84. The van der Waals surface area contributed by atoms with Gasteiger partial charge in [-0.15, -0.1) is 22.9 Å². The molecule has 0 amide bonds. The van der Waals surface area contributed by atoms with Gasteiger partial charge in [0, 0.05) is 17.8 Å². The maximum absolute atomic E-state index is 6.26. The van der Waals surface area contributed by atoms with E-state index in [-0.39, 0.29) is 11.4 Å². The molecule has 0 radical (unpaired) electrons. The normalized spacial score (nSPS) is 14.6. The number of halogens is 2. The first-order valence-electron chi connectivity index (χ1n) is 6.14. The highest BCUT2D eigenvalue weighted by atomic mass is 35.5. The van der Waals surface area contributed by atoms with Gasteiger partial charge in [0.1, 0.15) is 16.3 Å². The maximum Gasteiger partial charge on any atom is 0.160 e. The van der Waals surface area contributed by atoms with Gasteiger partial charge in [-0.2, -0.15) is 0 Å². The molecule has 0 fully saturated rings. The van der Waals surface area contributed by atoms with Crippen molar-refractivity contribution in [1.82, 2.24) is 19.5 Å². The summed E-state index contributed by atoms with van der Waals surface area (Å²) >= 11 is 13.9. The molecule has 3 aromatic heterocycles. The number of rotatable bonds is 3. The van der Waals surface area contributed by atoms with Crippen molar-refractivity contribution in [2.24, 2.45) is 0 Å². The Balaban J connectivity index is 2.24. The highest BCUT2D eigenvalue weighted by molar-refractivity contribution is 7.09. The van der Waals surface area contributed by atoms with Gasteiger partial charge in [0.25, 0.3) is 0 Å². The predicted molar refractivity (Wildman–Crippen MR) is 82.7 cm³/mol. The molecule has 2 atom stereocenters. The summed E-state index contributed by atoms with van der Waals surface area (Å²) in [6.45, 7) is 3.97. The minimum atomic E-state index is -0.217. The van der Waals surface area contributed by atoms with Gasteiger partial charge in [-0.05, 0) is 19.9 Å². The summed E-state index contributed by atoms with van der Waals surface area (Å²) in [5, 5.41) is 3.31. The molecule has 0 aliphatic rings. The van der Waals surface area contributed by atoms with E-state index in [1.807, 2.05) is 16.9 Å². The Hall–Kier alpha value is -1.17. The van der Waals surface area contributed by atoms with Crippen molar-refractivity contribution < 1.29 is 0 Å².